The highest BCUT2D eigenvalue weighted by Gasteiger charge is 2.26. The van der Waals surface area contributed by atoms with E-state index < -0.39 is 15.9 Å². The van der Waals surface area contributed by atoms with Gasteiger partial charge in [-0.2, -0.15) is 0 Å². The van der Waals surface area contributed by atoms with Crippen LogP contribution >= 0.6 is 23.2 Å². The summed E-state index contributed by atoms with van der Waals surface area (Å²) in [6.45, 7) is 2.95. The number of benzene rings is 2. The van der Waals surface area contributed by atoms with Crippen molar-refractivity contribution in [3.8, 4) is 5.75 Å². The molecule has 180 valence electrons. The van der Waals surface area contributed by atoms with E-state index in [9.17, 15) is 13.2 Å². The summed E-state index contributed by atoms with van der Waals surface area (Å²) in [5, 5.41) is 2.93. The van der Waals surface area contributed by atoms with Crippen molar-refractivity contribution in [2.75, 3.05) is 54.1 Å². The van der Waals surface area contributed by atoms with Crippen molar-refractivity contribution in [3.63, 3.8) is 0 Å². The largest absolute Gasteiger partial charge is 0.497 e. The van der Waals surface area contributed by atoms with Crippen LogP contribution in [0.3, 0.4) is 0 Å². The average molecular weight is 516 g/mol. The molecule has 1 N–H and O–H groups in total. The lowest BCUT2D eigenvalue weighted by atomic mass is 10.0. The van der Waals surface area contributed by atoms with Crippen molar-refractivity contribution in [1.29, 1.82) is 0 Å². The molecule has 0 aromatic heterocycles. The maximum absolute atomic E-state index is 13.0. The Morgan fingerprint density at radius 3 is 2.36 bits per heavy atom. The molecule has 8 nitrogen and oxygen atoms in total. The molecule has 0 aliphatic carbocycles. The van der Waals surface area contributed by atoms with Gasteiger partial charge in [0.05, 0.1) is 42.0 Å². The molecule has 0 saturated carbocycles. The fourth-order valence-electron chi connectivity index (χ4n) is 3.56. The zero-order valence-corrected chi connectivity index (χ0v) is 21.0. The van der Waals surface area contributed by atoms with Gasteiger partial charge in [0.25, 0.3) is 5.91 Å². The van der Waals surface area contributed by atoms with Crippen LogP contribution in [0.15, 0.2) is 41.3 Å². The molecule has 0 radical (unpaired) electrons. The van der Waals surface area contributed by atoms with E-state index in [1.54, 1.807) is 7.11 Å². The molecule has 33 heavy (non-hydrogen) atoms. The molecule has 1 fully saturated rings. The second kappa shape index (κ2) is 11.0. The maximum atomic E-state index is 13.0. The van der Waals surface area contributed by atoms with Crippen molar-refractivity contribution in [3.05, 3.63) is 57.6 Å². The number of nitrogens with zero attached hydrogens (tertiary/aromatic N) is 2. The lowest BCUT2D eigenvalue weighted by Gasteiger charge is -2.35. The number of amides is 1. The van der Waals surface area contributed by atoms with Gasteiger partial charge in [-0.25, -0.2) is 12.7 Å². The zero-order chi connectivity index (χ0) is 24.2. The highest BCUT2D eigenvalue weighted by Crippen LogP contribution is 2.30. The topological polar surface area (TPSA) is 88.2 Å². The molecule has 1 atom stereocenters. The highest BCUT2D eigenvalue weighted by molar-refractivity contribution is 7.89. The summed E-state index contributed by atoms with van der Waals surface area (Å²) >= 11 is 12.4. The molecule has 0 bridgehead atoms. The van der Waals surface area contributed by atoms with Crippen molar-refractivity contribution < 1.29 is 22.7 Å². The minimum atomic E-state index is -3.85. The summed E-state index contributed by atoms with van der Waals surface area (Å²) in [7, 11) is 0.538. The number of hydrogen-bond donors (Lipinski definition) is 1. The fraction of sp³-hybridized carbons (Fsp3) is 0.409. The van der Waals surface area contributed by atoms with Crippen LogP contribution < -0.4 is 10.1 Å². The van der Waals surface area contributed by atoms with E-state index in [-0.39, 0.29) is 26.5 Å². The van der Waals surface area contributed by atoms with Crippen molar-refractivity contribution in [2.45, 2.75) is 10.9 Å². The van der Waals surface area contributed by atoms with Gasteiger partial charge in [0.2, 0.25) is 10.0 Å². The number of rotatable bonds is 8. The van der Waals surface area contributed by atoms with E-state index in [1.165, 1.54) is 26.2 Å². The van der Waals surface area contributed by atoms with Gasteiger partial charge >= 0.3 is 0 Å². The quantitative estimate of drug-likeness (QED) is 0.581. The summed E-state index contributed by atoms with van der Waals surface area (Å²) in [6.07, 6.45) is 0. The Morgan fingerprint density at radius 1 is 1.15 bits per heavy atom. The van der Waals surface area contributed by atoms with Crippen LogP contribution in [0, 0.1) is 0 Å². The van der Waals surface area contributed by atoms with Crippen LogP contribution in [0.1, 0.15) is 22.0 Å². The third-order valence-corrected chi connectivity index (χ3v) is 8.06. The van der Waals surface area contributed by atoms with Gasteiger partial charge in [0.1, 0.15) is 10.6 Å². The molecular formula is C22H27Cl2N3O5S. The van der Waals surface area contributed by atoms with Gasteiger partial charge in [-0.15, -0.1) is 0 Å². The van der Waals surface area contributed by atoms with Gasteiger partial charge in [-0.1, -0.05) is 35.3 Å². The van der Waals surface area contributed by atoms with Crippen LogP contribution in [0.25, 0.3) is 0 Å². The Balaban J connectivity index is 1.85. The maximum Gasteiger partial charge on any atom is 0.252 e. The summed E-state index contributed by atoms with van der Waals surface area (Å²) in [6, 6.07) is 10.0. The second-order valence-electron chi connectivity index (χ2n) is 7.70. The molecule has 0 unspecified atom stereocenters. The number of carbonyl (C=O) groups excluding carboxylic acids is 1. The average Bonchev–Trinajstić information content (AvgIpc) is 2.80. The monoisotopic (exact) mass is 515 g/mol. The first-order valence-corrected chi connectivity index (χ1v) is 12.5. The molecule has 2 aromatic rings. The molecule has 1 aliphatic rings. The van der Waals surface area contributed by atoms with Crippen molar-refractivity contribution in [2.24, 2.45) is 0 Å². The third-order valence-electron chi connectivity index (χ3n) is 5.47. The lowest BCUT2D eigenvalue weighted by molar-refractivity contribution is 0.0162. The van der Waals surface area contributed by atoms with E-state index in [4.69, 9.17) is 32.7 Å². The van der Waals surface area contributed by atoms with Gasteiger partial charge in [-0.3, -0.25) is 9.69 Å². The summed E-state index contributed by atoms with van der Waals surface area (Å²) in [4.78, 5) is 15.1. The molecule has 1 amide bonds. The summed E-state index contributed by atoms with van der Waals surface area (Å²) in [5.74, 6) is 0.254. The first-order chi connectivity index (χ1) is 15.6. The smallest absolute Gasteiger partial charge is 0.252 e. The lowest BCUT2D eigenvalue weighted by Crippen LogP contribution is -2.43. The van der Waals surface area contributed by atoms with Gasteiger partial charge in [-0.05, 0) is 29.8 Å². The summed E-state index contributed by atoms with van der Waals surface area (Å²) < 4.78 is 36.9. The zero-order valence-electron chi connectivity index (χ0n) is 18.7. The number of ether oxygens (including phenoxy) is 2. The SMILES string of the molecule is COc1ccc([C@H](CNC(=O)c2cc(S(=O)(=O)N(C)C)c(Cl)cc2Cl)N2CCOCC2)cc1. The molecule has 3 rings (SSSR count). The van der Waals surface area contributed by atoms with Gasteiger partial charge in [0.15, 0.2) is 0 Å². The Morgan fingerprint density at radius 2 is 1.79 bits per heavy atom. The molecule has 1 heterocycles. The van der Waals surface area contributed by atoms with Crippen LogP contribution in [0.4, 0.5) is 0 Å². The van der Waals surface area contributed by atoms with E-state index >= 15 is 0 Å². The highest BCUT2D eigenvalue weighted by atomic mass is 35.5. The minimum Gasteiger partial charge on any atom is -0.497 e. The standard InChI is InChI=1S/C22H27Cl2N3O5S/c1-26(2)33(29,30)21-12-17(18(23)13-19(21)24)22(28)25-14-20(27-8-10-32-11-9-27)15-4-6-16(31-3)7-5-15/h4-7,12-13,20H,8-11,14H2,1-3H3,(H,25,28)/t20-/m0/s1. The number of carbonyl (C=O) groups is 1. The molecule has 1 aliphatic heterocycles. The van der Waals surface area contributed by atoms with Crippen molar-refractivity contribution >= 4 is 39.1 Å². The predicted molar refractivity (Wildman–Crippen MR) is 128 cm³/mol. The van der Waals surface area contributed by atoms with E-state index in [0.717, 1.165) is 28.7 Å². The number of sulfonamides is 1. The normalized spacial score (nSPS) is 15.9. The predicted octanol–water partition coefficient (Wildman–Crippen LogP) is 3.06. The number of nitrogens with one attached hydrogen (secondary N) is 1. The van der Waals surface area contributed by atoms with Gasteiger partial charge < -0.3 is 14.8 Å². The number of hydrogen-bond acceptors (Lipinski definition) is 6. The van der Waals surface area contributed by atoms with Crippen LogP contribution in [0.5, 0.6) is 5.75 Å². The minimum absolute atomic E-state index is 0.0388. The Hall–Kier alpha value is -1.88. The first kappa shape index (κ1) is 25.7. The van der Waals surface area contributed by atoms with E-state index in [0.29, 0.717) is 19.8 Å². The summed E-state index contributed by atoms with van der Waals surface area (Å²) in [5.41, 5.74) is 1.05. The van der Waals surface area contributed by atoms with Gasteiger partial charge in [0, 0.05) is 33.7 Å². The Labute approximate surface area is 204 Å². The van der Waals surface area contributed by atoms with E-state index in [2.05, 4.69) is 10.2 Å². The van der Waals surface area contributed by atoms with E-state index in [1.807, 2.05) is 24.3 Å². The first-order valence-electron chi connectivity index (χ1n) is 10.3. The Bertz CT molecular complexity index is 1090. The number of methoxy groups -OCH3 is 1. The molecule has 1 saturated heterocycles. The molecule has 0 spiro atoms. The molecule has 2 aromatic carbocycles. The molecule has 11 heteroatoms. The van der Waals surface area contributed by atoms with Crippen LogP contribution in [0.2, 0.25) is 10.0 Å². The molecular weight excluding hydrogens is 489 g/mol. The van der Waals surface area contributed by atoms with Crippen LogP contribution in [-0.2, 0) is 14.8 Å². The Kier molecular flexibility index (Phi) is 8.60. The fourth-order valence-corrected chi connectivity index (χ4v) is 5.28. The van der Waals surface area contributed by atoms with Crippen LogP contribution in [-0.4, -0.2) is 77.6 Å². The van der Waals surface area contributed by atoms with Crippen molar-refractivity contribution in [1.82, 2.24) is 14.5 Å². The number of morpholine rings is 1. The second-order valence-corrected chi connectivity index (χ2v) is 10.6. The number of halogens is 2. The third kappa shape index (κ3) is 5.98.